The van der Waals surface area contributed by atoms with Gasteiger partial charge in [-0.2, -0.15) is 5.26 Å². The van der Waals surface area contributed by atoms with Gasteiger partial charge in [-0.1, -0.05) is 12.1 Å². The van der Waals surface area contributed by atoms with Gasteiger partial charge in [-0.15, -0.1) is 0 Å². The summed E-state index contributed by atoms with van der Waals surface area (Å²) >= 11 is 0. The van der Waals surface area contributed by atoms with Crippen LogP contribution in [0.3, 0.4) is 0 Å². The minimum absolute atomic E-state index is 0.110. The zero-order chi connectivity index (χ0) is 14.6. The topological polar surface area (TPSA) is 87.8 Å². The summed E-state index contributed by atoms with van der Waals surface area (Å²) in [6, 6.07) is 0. The first-order valence-corrected chi connectivity index (χ1v) is 6.10. The molecule has 0 saturated heterocycles. The molecule has 0 fully saturated rings. The van der Waals surface area contributed by atoms with Crippen LogP contribution >= 0.6 is 0 Å². The second-order valence-corrected chi connectivity index (χ2v) is 5.04. The smallest absolute Gasteiger partial charge is 0.349 e. The van der Waals surface area contributed by atoms with Crippen LogP contribution in [0.25, 0.3) is 0 Å². The Hall–Kier alpha value is -1.60. The van der Waals surface area contributed by atoms with Crippen molar-refractivity contribution >= 4 is 5.91 Å². The molecule has 0 radical (unpaired) electrons. The highest BCUT2D eigenvalue weighted by Gasteiger charge is 2.25. The Morgan fingerprint density at radius 2 is 2.21 bits per heavy atom. The van der Waals surface area contributed by atoms with E-state index in [4.69, 9.17) is 5.26 Å². The summed E-state index contributed by atoms with van der Waals surface area (Å²) in [4.78, 5) is 18.1. The van der Waals surface area contributed by atoms with Crippen LogP contribution in [-0.4, -0.2) is 46.9 Å². The van der Waals surface area contributed by atoms with E-state index in [0.717, 1.165) is 6.54 Å². The number of likely N-dealkylation sites (N-methyl/N-ethyl adjacent to an activating group) is 1. The quantitative estimate of drug-likeness (QED) is 0.599. The molecule has 7 nitrogen and oxygen atoms in total. The fraction of sp³-hybridized carbons (Fsp3) is 0.667. The van der Waals surface area contributed by atoms with Gasteiger partial charge in [-0.3, -0.25) is 14.6 Å². The molecule has 1 heterocycles. The van der Waals surface area contributed by atoms with E-state index in [1.807, 2.05) is 20.9 Å². The van der Waals surface area contributed by atoms with E-state index in [9.17, 15) is 4.79 Å². The van der Waals surface area contributed by atoms with Crippen molar-refractivity contribution in [2.45, 2.75) is 33.2 Å². The largest absolute Gasteiger partial charge is 0.350 e. The molecule has 19 heavy (non-hydrogen) atoms. The molecular formula is C12H21N3O4. The van der Waals surface area contributed by atoms with Crippen LogP contribution in [0.2, 0.25) is 0 Å². The average molecular weight is 271 g/mol. The van der Waals surface area contributed by atoms with Gasteiger partial charge in [0.1, 0.15) is 0 Å². The third kappa shape index (κ3) is 3.45. The van der Waals surface area contributed by atoms with Crippen molar-refractivity contribution in [3.63, 3.8) is 0 Å². The number of nitrogens with one attached hydrogen (secondary N) is 1. The number of hydrogen-bond acceptors (Lipinski definition) is 6. The van der Waals surface area contributed by atoms with Gasteiger partial charge < -0.3 is 9.84 Å². The zero-order valence-corrected chi connectivity index (χ0v) is 12.0. The third-order valence-electron chi connectivity index (χ3n) is 3.37. The van der Waals surface area contributed by atoms with Crippen molar-refractivity contribution in [2.75, 3.05) is 20.1 Å². The number of carbonyl (C=O) groups is 1. The predicted molar refractivity (Wildman–Crippen MR) is 69.2 cm³/mol. The Bertz CT molecular complexity index is 442. The lowest BCUT2D eigenvalue weighted by atomic mass is 10.0. The van der Waals surface area contributed by atoms with Crippen LogP contribution in [0, 0.1) is 6.92 Å². The van der Waals surface area contributed by atoms with Crippen LogP contribution < -0.4 is 10.2 Å². The summed E-state index contributed by atoms with van der Waals surface area (Å²) in [7, 11) is 1.99. The summed E-state index contributed by atoms with van der Waals surface area (Å²) in [5.74, 6) is -0.530. The lowest BCUT2D eigenvalue weighted by Gasteiger charge is -2.34. The third-order valence-corrected chi connectivity index (χ3v) is 3.37. The summed E-state index contributed by atoms with van der Waals surface area (Å²) in [5, 5.41) is 14.9. The van der Waals surface area contributed by atoms with E-state index in [-0.39, 0.29) is 23.1 Å². The second-order valence-electron chi connectivity index (χ2n) is 5.04. The van der Waals surface area contributed by atoms with Gasteiger partial charge in [0.2, 0.25) is 0 Å². The summed E-state index contributed by atoms with van der Waals surface area (Å²) in [6.07, 6.45) is 0. The molecule has 7 heteroatoms. The number of hydrogen-bond donors (Lipinski definition) is 2. The van der Waals surface area contributed by atoms with E-state index >= 15 is 0 Å². The van der Waals surface area contributed by atoms with Crippen LogP contribution in [0.1, 0.15) is 36.8 Å². The van der Waals surface area contributed by atoms with Crippen LogP contribution in [0.4, 0.5) is 0 Å². The maximum atomic E-state index is 12.0. The fourth-order valence-corrected chi connectivity index (χ4v) is 1.56. The Morgan fingerprint density at radius 3 is 2.68 bits per heavy atom. The molecule has 0 unspecified atom stereocenters. The Balaban J connectivity index is 2.68. The second kappa shape index (κ2) is 6.03. The molecule has 0 saturated carbocycles. The van der Waals surface area contributed by atoms with Crippen molar-refractivity contribution in [1.29, 1.82) is 0 Å². The molecule has 0 aliphatic carbocycles. The molecule has 1 amide bonds. The van der Waals surface area contributed by atoms with Gasteiger partial charge >= 0.3 is 5.95 Å². The molecule has 0 bridgehead atoms. The Labute approximate surface area is 112 Å². The zero-order valence-electron chi connectivity index (χ0n) is 12.0. The first kappa shape index (κ1) is 15.5. The van der Waals surface area contributed by atoms with Crippen molar-refractivity contribution in [3.8, 4) is 5.95 Å². The molecular weight excluding hydrogens is 250 g/mol. The summed E-state index contributed by atoms with van der Waals surface area (Å²) < 4.78 is 4.67. The van der Waals surface area contributed by atoms with Crippen molar-refractivity contribution in [2.24, 2.45) is 0 Å². The van der Waals surface area contributed by atoms with Crippen LogP contribution in [-0.2, 0) is 0 Å². The van der Waals surface area contributed by atoms with E-state index in [1.165, 1.54) is 0 Å². The predicted octanol–water partition coefficient (Wildman–Crippen LogP) is 1.29. The normalized spacial score (nSPS) is 11.7. The maximum absolute atomic E-state index is 12.0. The Morgan fingerprint density at radius 1 is 1.58 bits per heavy atom. The lowest BCUT2D eigenvalue weighted by Crippen LogP contribution is -2.49. The summed E-state index contributed by atoms with van der Waals surface area (Å²) in [5.41, 5.74) is 0.305. The van der Waals surface area contributed by atoms with E-state index in [1.54, 1.807) is 6.92 Å². The molecule has 0 aliphatic heterocycles. The van der Waals surface area contributed by atoms with Crippen LogP contribution in [0.5, 0.6) is 5.95 Å². The SMILES string of the molecule is CCN(C)C(C)(C)CNC(=O)c1noc(OO)c1C. The number of amides is 1. The number of rotatable bonds is 6. The van der Waals surface area contributed by atoms with Crippen LogP contribution in [0.15, 0.2) is 4.52 Å². The molecule has 0 aliphatic rings. The summed E-state index contributed by atoms with van der Waals surface area (Å²) in [6.45, 7) is 9.06. The molecule has 0 spiro atoms. The highest BCUT2D eigenvalue weighted by atomic mass is 17.1. The lowest BCUT2D eigenvalue weighted by molar-refractivity contribution is -0.158. The standard InChI is InChI=1S/C12H21N3O4/c1-6-15(5)12(3,4)7-13-10(16)9-8(2)11(19-17)18-14-9/h17H,6-7H2,1-5H3,(H,13,16). The van der Waals surface area contributed by atoms with Crippen molar-refractivity contribution in [3.05, 3.63) is 11.3 Å². The monoisotopic (exact) mass is 271 g/mol. The molecule has 0 atom stereocenters. The highest BCUT2D eigenvalue weighted by Crippen LogP contribution is 2.20. The number of aromatic nitrogens is 1. The van der Waals surface area contributed by atoms with Crippen molar-refractivity contribution < 1.29 is 19.5 Å². The average Bonchev–Trinajstić information content (AvgIpc) is 2.76. The van der Waals surface area contributed by atoms with E-state index in [2.05, 4.69) is 31.7 Å². The Kier molecular flexibility index (Phi) is 4.90. The van der Waals surface area contributed by atoms with Crippen molar-refractivity contribution in [1.82, 2.24) is 15.4 Å². The van der Waals surface area contributed by atoms with Gasteiger partial charge in [-0.25, -0.2) is 0 Å². The minimum Gasteiger partial charge on any atom is -0.349 e. The molecule has 108 valence electrons. The first-order chi connectivity index (χ1) is 8.83. The fourth-order valence-electron chi connectivity index (χ4n) is 1.56. The first-order valence-electron chi connectivity index (χ1n) is 6.10. The van der Waals surface area contributed by atoms with E-state index < -0.39 is 0 Å². The van der Waals surface area contributed by atoms with Gasteiger partial charge in [0.15, 0.2) is 5.69 Å². The molecule has 1 rings (SSSR count). The number of nitrogens with zero attached hydrogens (tertiary/aromatic N) is 2. The van der Waals surface area contributed by atoms with Gasteiger partial charge in [0, 0.05) is 12.1 Å². The molecule has 1 aromatic rings. The maximum Gasteiger partial charge on any atom is 0.350 e. The van der Waals surface area contributed by atoms with Gasteiger partial charge in [0.05, 0.1) is 5.56 Å². The van der Waals surface area contributed by atoms with Gasteiger partial charge in [0.25, 0.3) is 5.91 Å². The molecule has 2 N–H and O–H groups in total. The molecule has 1 aromatic heterocycles. The number of carbonyl (C=O) groups excluding carboxylic acids is 1. The van der Waals surface area contributed by atoms with E-state index in [0.29, 0.717) is 12.1 Å². The minimum atomic E-state index is -0.359. The highest BCUT2D eigenvalue weighted by molar-refractivity contribution is 5.93. The molecule has 0 aromatic carbocycles. The van der Waals surface area contributed by atoms with Gasteiger partial charge in [-0.05, 0) is 34.4 Å².